The third-order valence-electron chi connectivity index (χ3n) is 4.88. The molecule has 2 saturated carbocycles. The standard InChI is InChI=1S/C15H27N3O2/c1-2-12(10-11-6-7-11)17-14(19)15(13(16)18-20)8-4-3-5-9-15/h11-12,20H,2-10H2,1H3,(H2,16,18)(H,17,19). The minimum Gasteiger partial charge on any atom is -0.409 e. The number of amidine groups is 1. The summed E-state index contributed by atoms with van der Waals surface area (Å²) < 4.78 is 0. The number of rotatable bonds is 6. The number of amides is 1. The second-order valence-electron chi connectivity index (χ2n) is 6.39. The van der Waals surface area contributed by atoms with Gasteiger partial charge in [-0.15, -0.1) is 0 Å². The normalized spacial score (nSPS) is 24.1. The Bertz CT molecular complexity index is 371. The molecule has 0 heterocycles. The summed E-state index contributed by atoms with van der Waals surface area (Å²) in [5.74, 6) is 0.822. The molecule has 2 aliphatic rings. The van der Waals surface area contributed by atoms with E-state index in [9.17, 15) is 4.79 Å². The molecule has 0 spiro atoms. The van der Waals surface area contributed by atoms with Gasteiger partial charge in [0.25, 0.3) is 0 Å². The van der Waals surface area contributed by atoms with Gasteiger partial charge >= 0.3 is 0 Å². The molecule has 0 bridgehead atoms. The lowest BCUT2D eigenvalue weighted by Gasteiger charge is -2.35. The largest absolute Gasteiger partial charge is 0.409 e. The fraction of sp³-hybridized carbons (Fsp3) is 0.867. The average Bonchev–Trinajstić information content (AvgIpc) is 3.30. The Labute approximate surface area is 121 Å². The zero-order valence-electron chi connectivity index (χ0n) is 12.4. The van der Waals surface area contributed by atoms with Crippen LogP contribution in [0.5, 0.6) is 0 Å². The van der Waals surface area contributed by atoms with Crippen molar-refractivity contribution in [2.45, 2.75) is 70.8 Å². The van der Waals surface area contributed by atoms with E-state index in [1.54, 1.807) is 0 Å². The Morgan fingerprint density at radius 1 is 1.40 bits per heavy atom. The highest BCUT2D eigenvalue weighted by atomic mass is 16.4. The summed E-state index contributed by atoms with van der Waals surface area (Å²) in [5, 5.41) is 15.3. The summed E-state index contributed by atoms with van der Waals surface area (Å²) in [6.45, 7) is 2.10. The molecule has 2 aliphatic carbocycles. The molecule has 5 nitrogen and oxygen atoms in total. The van der Waals surface area contributed by atoms with Gasteiger partial charge < -0.3 is 16.3 Å². The molecule has 0 radical (unpaired) electrons. The molecule has 0 saturated heterocycles. The molecule has 20 heavy (non-hydrogen) atoms. The van der Waals surface area contributed by atoms with Gasteiger partial charge in [0.15, 0.2) is 5.84 Å². The van der Waals surface area contributed by atoms with Gasteiger partial charge in [-0.3, -0.25) is 4.79 Å². The van der Waals surface area contributed by atoms with E-state index < -0.39 is 5.41 Å². The molecule has 0 aromatic rings. The summed E-state index contributed by atoms with van der Waals surface area (Å²) in [5.41, 5.74) is 5.07. The van der Waals surface area contributed by atoms with Crippen LogP contribution in [0.1, 0.15) is 64.7 Å². The lowest BCUT2D eigenvalue weighted by atomic mass is 9.72. The highest BCUT2D eigenvalue weighted by Crippen LogP contribution is 2.38. The van der Waals surface area contributed by atoms with Crippen LogP contribution in [-0.4, -0.2) is 23.0 Å². The van der Waals surface area contributed by atoms with Gasteiger partial charge in [0, 0.05) is 6.04 Å². The quantitative estimate of drug-likeness (QED) is 0.302. The van der Waals surface area contributed by atoms with Crippen LogP contribution in [-0.2, 0) is 4.79 Å². The van der Waals surface area contributed by atoms with Crippen molar-refractivity contribution in [2.75, 3.05) is 0 Å². The number of nitrogens with two attached hydrogens (primary N) is 1. The van der Waals surface area contributed by atoms with E-state index in [1.807, 2.05) is 0 Å². The van der Waals surface area contributed by atoms with E-state index in [2.05, 4.69) is 17.4 Å². The number of hydrogen-bond acceptors (Lipinski definition) is 3. The lowest BCUT2D eigenvalue weighted by Crippen LogP contribution is -2.53. The molecule has 0 aromatic carbocycles. The second kappa shape index (κ2) is 6.46. The van der Waals surface area contributed by atoms with Gasteiger partial charge in [0.05, 0.1) is 0 Å². The maximum atomic E-state index is 12.7. The number of carbonyl (C=O) groups excluding carboxylic acids is 1. The fourth-order valence-electron chi connectivity index (χ4n) is 3.26. The molecule has 4 N–H and O–H groups in total. The first kappa shape index (κ1) is 15.1. The van der Waals surface area contributed by atoms with Crippen molar-refractivity contribution >= 4 is 11.7 Å². The Kier molecular flexibility index (Phi) is 4.89. The number of nitrogens with one attached hydrogen (secondary N) is 1. The maximum Gasteiger partial charge on any atom is 0.234 e. The fourth-order valence-corrected chi connectivity index (χ4v) is 3.26. The lowest BCUT2D eigenvalue weighted by molar-refractivity contribution is -0.129. The van der Waals surface area contributed by atoms with Crippen molar-refractivity contribution in [1.82, 2.24) is 5.32 Å². The van der Waals surface area contributed by atoms with Gasteiger partial charge in [-0.2, -0.15) is 0 Å². The topological polar surface area (TPSA) is 87.7 Å². The first-order valence-corrected chi connectivity index (χ1v) is 7.91. The molecular weight excluding hydrogens is 254 g/mol. The van der Waals surface area contributed by atoms with Crippen LogP contribution < -0.4 is 11.1 Å². The minimum atomic E-state index is -0.788. The molecule has 5 heteroatoms. The van der Waals surface area contributed by atoms with Crippen LogP contribution in [0, 0.1) is 11.3 Å². The van der Waals surface area contributed by atoms with Gasteiger partial charge in [0.2, 0.25) is 5.91 Å². The van der Waals surface area contributed by atoms with E-state index in [4.69, 9.17) is 10.9 Å². The molecule has 114 valence electrons. The van der Waals surface area contributed by atoms with Gasteiger partial charge in [-0.1, -0.05) is 44.2 Å². The molecule has 0 aromatic heterocycles. The monoisotopic (exact) mass is 281 g/mol. The Balaban J connectivity index is 2.05. The van der Waals surface area contributed by atoms with Crippen molar-refractivity contribution in [3.8, 4) is 0 Å². The minimum absolute atomic E-state index is 0.0417. The highest BCUT2D eigenvalue weighted by Gasteiger charge is 2.44. The summed E-state index contributed by atoms with van der Waals surface area (Å²) in [7, 11) is 0. The molecule has 1 amide bonds. The van der Waals surface area contributed by atoms with E-state index in [0.29, 0.717) is 12.8 Å². The number of oxime groups is 1. The third kappa shape index (κ3) is 3.25. The van der Waals surface area contributed by atoms with E-state index in [1.165, 1.54) is 12.8 Å². The number of carbonyl (C=O) groups is 1. The second-order valence-corrected chi connectivity index (χ2v) is 6.39. The van der Waals surface area contributed by atoms with Crippen molar-refractivity contribution < 1.29 is 10.0 Å². The predicted octanol–water partition coefficient (Wildman–Crippen LogP) is 2.38. The van der Waals surface area contributed by atoms with E-state index in [-0.39, 0.29) is 17.8 Å². The predicted molar refractivity (Wildman–Crippen MR) is 78.5 cm³/mol. The summed E-state index contributed by atoms with van der Waals surface area (Å²) in [6.07, 6.45) is 9.00. The highest BCUT2D eigenvalue weighted by molar-refractivity contribution is 6.06. The Morgan fingerprint density at radius 3 is 2.55 bits per heavy atom. The van der Waals surface area contributed by atoms with Gasteiger partial charge in [-0.25, -0.2) is 0 Å². The van der Waals surface area contributed by atoms with Crippen molar-refractivity contribution in [1.29, 1.82) is 0 Å². The smallest absolute Gasteiger partial charge is 0.234 e. The van der Waals surface area contributed by atoms with Crippen LogP contribution in [0.4, 0.5) is 0 Å². The Morgan fingerprint density at radius 2 is 2.05 bits per heavy atom. The van der Waals surface area contributed by atoms with Crippen molar-refractivity contribution in [2.24, 2.45) is 22.2 Å². The Hall–Kier alpha value is -1.26. The number of hydrogen-bond donors (Lipinski definition) is 3. The number of nitrogens with zero attached hydrogens (tertiary/aromatic N) is 1. The molecule has 2 fully saturated rings. The van der Waals surface area contributed by atoms with Crippen LogP contribution in [0.2, 0.25) is 0 Å². The van der Waals surface area contributed by atoms with Gasteiger partial charge in [0.1, 0.15) is 5.41 Å². The van der Waals surface area contributed by atoms with Crippen molar-refractivity contribution in [3.63, 3.8) is 0 Å². The average molecular weight is 281 g/mol. The first-order chi connectivity index (χ1) is 9.62. The van der Waals surface area contributed by atoms with Crippen LogP contribution >= 0.6 is 0 Å². The van der Waals surface area contributed by atoms with E-state index in [0.717, 1.165) is 38.0 Å². The molecule has 1 atom stereocenters. The molecule has 1 unspecified atom stereocenters. The molecular formula is C15H27N3O2. The zero-order valence-corrected chi connectivity index (χ0v) is 12.4. The third-order valence-corrected chi connectivity index (χ3v) is 4.88. The van der Waals surface area contributed by atoms with Crippen LogP contribution in [0.3, 0.4) is 0 Å². The molecule has 2 rings (SSSR count). The van der Waals surface area contributed by atoms with E-state index >= 15 is 0 Å². The SMILES string of the molecule is CCC(CC1CC1)NC(=O)C1(C(N)=NO)CCCCC1. The van der Waals surface area contributed by atoms with Crippen molar-refractivity contribution in [3.05, 3.63) is 0 Å². The van der Waals surface area contributed by atoms with Crippen LogP contribution in [0.25, 0.3) is 0 Å². The first-order valence-electron chi connectivity index (χ1n) is 7.91. The summed E-state index contributed by atoms with van der Waals surface area (Å²) in [6, 6.07) is 0.222. The maximum absolute atomic E-state index is 12.7. The zero-order chi connectivity index (χ0) is 14.6. The summed E-state index contributed by atoms with van der Waals surface area (Å²) in [4.78, 5) is 12.7. The summed E-state index contributed by atoms with van der Waals surface area (Å²) >= 11 is 0. The van der Waals surface area contributed by atoms with Crippen LogP contribution in [0.15, 0.2) is 5.16 Å². The molecule has 0 aliphatic heterocycles. The van der Waals surface area contributed by atoms with Gasteiger partial charge in [-0.05, 0) is 31.6 Å².